The summed E-state index contributed by atoms with van der Waals surface area (Å²) in [4.78, 5) is 2.45. The molecule has 0 unspecified atom stereocenters. The summed E-state index contributed by atoms with van der Waals surface area (Å²) in [6.07, 6.45) is 0. The van der Waals surface area contributed by atoms with Crippen LogP contribution in [-0.4, -0.2) is 4.57 Å². The minimum absolute atomic E-state index is 0.876. The van der Waals surface area contributed by atoms with Crippen molar-refractivity contribution in [2.45, 2.75) is 0 Å². The third-order valence-electron chi connectivity index (χ3n) is 10.2. The quantitative estimate of drug-likeness (QED) is 0.188. The van der Waals surface area contributed by atoms with Crippen LogP contribution in [0.4, 0.5) is 17.1 Å². The highest BCUT2D eigenvalue weighted by atomic mass is 32.1. The molecule has 0 fully saturated rings. The number of hydrogen-bond donors (Lipinski definition) is 0. The molecule has 0 amide bonds. The fraction of sp³-hybridized carbons (Fsp3) is 0. The predicted octanol–water partition coefficient (Wildman–Crippen LogP) is 13.7. The van der Waals surface area contributed by atoms with Gasteiger partial charge in [-0.25, -0.2) is 0 Å². The number of benzene rings is 8. The van der Waals surface area contributed by atoms with Crippen LogP contribution in [0.15, 0.2) is 174 Å². The van der Waals surface area contributed by atoms with Crippen LogP contribution in [-0.2, 0) is 0 Å². The van der Waals surface area contributed by atoms with Crippen molar-refractivity contribution in [1.29, 1.82) is 0 Å². The molecule has 234 valence electrons. The average Bonchev–Trinajstić information content (AvgIpc) is 3.86. The van der Waals surface area contributed by atoms with Gasteiger partial charge in [0.05, 0.1) is 32.8 Å². The van der Waals surface area contributed by atoms with E-state index >= 15 is 0 Å². The fourth-order valence-corrected chi connectivity index (χ4v) is 9.23. The first-order valence-electron chi connectivity index (χ1n) is 16.9. The Labute approximate surface area is 291 Å². The minimum Gasteiger partial charge on any atom is -0.453 e. The van der Waals surface area contributed by atoms with E-state index in [1.165, 1.54) is 41.8 Å². The lowest BCUT2D eigenvalue weighted by Gasteiger charge is -2.27. The van der Waals surface area contributed by atoms with Crippen molar-refractivity contribution in [2.24, 2.45) is 0 Å². The molecule has 0 saturated carbocycles. The lowest BCUT2D eigenvalue weighted by atomic mass is 10.0. The summed E-state index contributed by atoms with van der Waals surface area (Å²) in [5.74, 6) is 0. The summed E-state index contributed by atoms with van der Waals surface area (Å²) in [6.45, 7) is 0. The first-order chi connectivity index (χ1) is 24.8. The highest BCUT2D eigenvalue weighted by Gasteiger charge is 2.26. The molecule has 3 heterocycles. The number of furan rings is 1. The third-order valence-corrected chi connectivity index (χ3v) is 11.4. The number of fused-ring (bicyclic) bond motifs is 11. The maximum Gasteiger partial charge on any atom is 0.159 e. The van der Waals surface area contributed by atoms with E-state index in [-0.39, 0.29) is 0 Å². The van der Waals surface area contributed by atoms with Crippen LogP contribution in [0.5, 0.6) is 0 Å². The van der Waals surface area contributed by atoms with Gasteiger partial charge < -0.3 is 13.9 Å². The zero-order valence-corrected chi connectivity index (χ0v) is 27.7. The van der Waals surface area contributed by atoms with E-state index in [0.717, 1.165) is 55.6 Å². The Morgan fingerprint density at radius 2 is 1.06 bits per heavy atom. The number of aromatic nitrogens is 1. The monoisotopic (exact) mass is 656 g/mol. The van der Waals surface area contributed by atoms with E-state index in [4.69, 9.17) is 4.42 Å². The zero-order chi connectivity index (χ0) is 32.8. The normalized spacial score (nSPS) is 12.0. The van der Waals surface area contributed by atoms with Gasteiger partial charge in [0.1, 0.15) is 5.58 Å². The molecule has 0 bridgehead atoms. The predicted molar refractivity (Wildman–Crippen MR) is 213 cm³/mol. The van der Waals surface area contributed by atoms with Crippen molar-refractivity contribution in [3.63, 3.8) is 0 Å². The van der Waals surface area contributed by atoms with Gasteiger partial charge in [0.2, 0.25) is 0 Å². The van der Waals surface area contributed by atoms with E-state index in [9.17, 15) is 0 Å². The molecule has 11 rings (SSSR count). The first kappa shape index (κ1) is 27.6. The molecule has 0 atom stereocenters. The van der Waals surface area contributed by atoms with Gasteiger partial charge in [0.15, 0.2) is 5.58 Å². The maximum absolute atomic E-state index is 7.02. The Balaban J connectivity index is 1.30. The standard InChI is InChI=1S/C46H28N2OS/c1-2-14-30(15-3-1)47-37-21-8-6-18-36(37)43-38(47)22-12-23-39(43)48(41-25-11-20-35-32-17-7-9-26-42(32)50-46(35)41)40-24-10-19-33-34-28-27-29-13-4-5-16-31(29)44(34)49-45(33)40/h1-28H. The smallest absolute Gasteiger partial charge is 0.159 e. The largest absolute Gasteiger partial charge is 0.453 e. The minimum atomic E-state index is 0.876. The van der Waals surface area contributed by atoms with Crippen LogP contribution in [0.1, 0.15) is 0 Å². The van der Waals surface area contributed by atoms with Crippen LogP contribution < -0.4 is 4.90 Å². The SMILES string of the molecule is c1ccc(-n2c3ccccc3c3c(N(c4cccc5c4oc4c6ccccc6ccc54)c4cccc5c4sc4ccccc45)cccc32)cc1. The van der Waals surface area contributed by atoms with Gasteiger partial charge in [-0.3, -0.25) is 0 Å². The number of rotatable bonds is 4. The second-order valence-electron chi connectivity index (χ2n) is 12.9. The number of nitrogens with zero attached hydrogens (tertiary/aromatic N) is 2. The molecule has 50 heavy (non-hydrogen) atoms. The topological polar surface area (TPSA) is 21.3 Å². The van der Waals surface area contributed by atoms with E-state index in [2.05, 4.69) is 179 Å². The van der Waals surface area contributed by atoms with Gasteiger partial charge in [0, 0.05) is 48.1 Å². The van der Waals surface area contributed by atoms with E-state index in [0.29, 0.717) is 0 Å². The molecule has 8 aromatic carbocycles. The molecule has 0 aliphatic rings. The Morgan fingerprint density at radius 3 is 1.96 bits per heavy atom. The highest BCUT2D eigenvalue weighted by molar-refractivity contribution is 7.26. The van der Waals surface area contributed by atoms with Crippen LogP contribution in [0.25, 0.3) is 80.4 Å². The van der Waals surface area contributed by atoms with Crippen LogP contribution in [0, 0.1) is 0 Å². The summed E-state index contributed by atoms with van der Waals surface area (Å²) in [5, 5.41) is 9.47. The van der Waals surface area contributed by atoms with Crippen molar-refractivity contribution in [1.82, 2.24) is 4.57 Å². The summed E-state index contributed by atoms with van der Waals surface area (Å²) in [6, 6.07) is 61.1. The molecule has 4 heteroatoms. The number of hydrogen-bond acceptors (Lipinski definition) is 3. The van der Waals surface area contributed by atoms with E-state index in [1.807, 2.05) is 11.3 Å². The molecular formula is C46H28N2OS. The van der Waals surface area contributed by atoms with E-state index in [1.54, 1.807) is 0 Å². The molecule has 3 aromatic heterocycles. The fourth-order valence-electron chi connectivity index (χ4n) is 8.03. The second kappa shape index (κ2) is 10.6. The van der Waals surface area contributed by atoms with Gasteiger partial charge in [0.25, 0.3) is 0 Å². The lowest BCUT2D eigenvalue weighted by Crippen LogP contribution is -2.11. The van der Waals surface area contributed by atoms with Gasteiger partial charge >= 0.3 is 0 Å². The maximum atomic E-state index is 7.02. The molecule has 11 aromatic rings. The summed E-state index contributed by atoms with van der Waals surface area (Å²) in [5.41, 5.74) is 8.52. The van der Waals surface area contributed by atoms with Crippen molar-refractivity contribution < 1.29 is 4.42 Å². The van der Waals surface area contributed by atoms with Crippen LogP contribution in [0.2, 0.25) is 0 Å². The summed E-state index contributed by atoms with van der Waals surface area (Å²) < 4.78 is 11.9. The Kier molecular flexibility index (Phi) is 5.83. The molecule has 0 aliphatic carbocycles. The molecule has 0 aliphatic heterocycles. The lowest BCUT2D eigenvalue weighted by molar-refractivity contribution is 0.673. The van der Waals surface area contributed by atoms with Crippen molar-refractivity contribution in [3.05, 3.63) is 170 Å². The zero-order valence-electron chi connectivity index (χ0n) is 26.9. The van der Waals surface area contributed by atoms with Crippen LogP contribution in [0.3, 0.4) is 0 Å². The molecule has 3 nitrogen and oxygen atoms in total. The number of thiophene rings is 1. The Bertz CT molecular complexity index is 3110. The van der Waals surface area contributed by atoms with Gasteiger partial charge in [-0.15, -0.1) is 11.3 Å². The first-order valence-corrected chi connectivity index (χ1v) is 17.8. The number of anilines is 3. The van der Waals surface area contributed by atoms with Crippen LogP contribution >= 0.6 is 11.3 Å². The Morgan fingerprint density at radius 1 is 0.420 bits per heavy atom. The summed E-state index contributed by atoms with van der Waals surface area (Å²) >= 11 is 1.85. The molecule has 0 saturated heterocycles. The van der Waals surface area contributed by atoms with Gasteiger partial charge in [-0.05, 0) is 60.0 Å². The van der Waals surface area contributed by atoms with Gasteiger partial charge in [-0.2, -0.15) is 0 Å². The third kappa shape index (κ3) is 3.85. The van der Waals surface area contributed by atoms with E-state index < -0.39 is 0 Å². The molecule has 0 spiro atoms. The van der Waals surface area contributed by atoms with Crippen molar-refractivity contribution >= 4 is 103 Å². The van der Waals surface area contributed by atoms with Crippen molar-refractivity contribution in [3.8, 4) is 5.69 Å². The highest BCUT2D eigenvalue weighted by Crippen LogP contribution is 2.50. The summed E-state index contributed by atoms with van der Waals surface area (Å²) in [7, 11) is 0. The molecule has 0 N–H and O–H groups in total. The molecular weight excluding hydrogens is 629 g/mol. The molecule has 0 radical (unpaired) electrons. The van der Waals surface area contributed by atoms with Gasteiger partial charge in [-0.1, -0.05) is 115 Å². The second-order valence-corrected chi connectivity index (χ2v) is 13.9. The number of para-hydroxylation sites is 3. The average molecular weight is 657 g/mol. The van der Waals surface area contributed by atoms with Crippen molar-refractivity contribution in [2.75, 3.05) is 4.90 Å². The Hall–Kier alpha value is -6.36.